The minimum absolute atomic E-state index is 0.401. The molecule has 2 saturated carbocycles. The van der Waals surface area contributed by atoms with Crippen molar-refractivity contribution in [2.75, 3.05) is 5.32 Å². The average molecular weight is 347 g/mol. The molecule has 1 aromatic heterocycles. The molecule has 4 rings (SSSR count). The average Bonchev–Trinajstić information content (AvgIpc) is 3.44. The predicted octanol–water partition coefficient (Wildman–Crippen LogP) is 3.41. The zero-order valence-corrected chi connectivity index (χ0v) is 14.9. The summed E-state index contributed by atoms with van der Waals surface area (Å²) in [7, 11) is 0. The van der Waals surface area contributed by atoms with Crippen molar-refractivity contribution in [2.45, 2.75) is 56.1 Å². The van der Waals surface area contributed by atoms with E-state index in [4.69, 9.17) is 5.73 Å². The Bertz CT molecular complexity index is 787. The van der Waals surface area contributed by atoms with Crippen molar-refractivity contribution in [3.8, 4) is 6.07 Å². The maximum absolute atomic E-state index is 9.18. The van der Waals surface area contributed by atoms with Crippen molar-refractivity contribution in [3.05, 3.63) is 53.7 Å². The van der Waals surface area contributed by atoms with Crippen molar-refractivity contribution in [2.24, 2.45) is 5.73 Å². The van der Waals surface area contributed by atoms with Crippen LogP contribution in [0.25, 0.3) is 0 Å². The molecule has 2 aromatic rings. The molecule has 0 unspecified atom stereocenters. The van der Waals surface area contributed by atoms with Crippen LogP contribution in [-0.4, -0.2) is 23.1 Å². The molecule has 4 N–H and O–H groups in total. The van der Waals surface area contributed by atoms with Crippen LogP contribution in [0.5, 0.6) is 0 Å². The largest absolute Gasteiger partial charge is 0.339 e. The van der Waals surface area contributed by atoms with Gasteiger partial charge in [0.2, 0.25) is 0 Å². The van der Waals surface area contributed by atoms with E-state index in [0.717, 1.165) is 24.3 Å². The topological polar surface area (TPSA) is 86.8 Å². The number of aromatic nitrogens is 1. The van der Waals surface area contributed by atoms with Crippen LogP contribution in [0.15, 0.2) is 42.6 Å². The quantitative estimate of drug-likeness (QED) is 0.771. The first-order chi connectivity index (χ1) is 12.7. The van der Waals surface area contributed by atoms with Gasteiger partial charge in [-0.15, -0.1) is 0 Å². The Hall–Kier alpha value is -2.42. The lowest BCUT2D eigenvalue weighted by Gasteiger charge is -2.27. The first-order valence-corrected chi connectivity index (χ1v) is 9.46. The monoisotopic (exact) mass is 347 g/mol. The normalized spacial score (nSPS) is 27.5. The number of hydrogen-bond donors (Lipinski definition) is 3. The summed E-state index contributed by atoms with van der Waals surface area (Å²) in [5.74, 6) is 1.33. The third kappa shape index (κ3) is 3.87. The van der Waals surface area contributed by atoms with Crippen LogP contribution in [-0.2, 0) is 0 Å². The number of nitrogens with one attached hydrogen (secondary N) is 2. The Morgan fingerprint density at radius 2 is 1.88 bits per heavy atom. The van der Waals surface area contributed by atoms with E-state index in [0.29, 0.717) is 29.6 Å². The fourth-order valence-corrected chi connectivity index (χ4v) is 3.86. The highest BCUT2D eigenvalue weighted by atomic mass is 15.0. The number of hydrogen-bond acceptors (Lipinski definition) is 5. The molecule has 0 radical (unpaired) electrons. The molecule has 0 saturated heterocycles. The Balaban J connectivity index is 1.33. The fourth-order valence-electron chi connectivity index (χ4n) is 3.86. The van der Waals surface area contributed by atoms with E-state index < -0.39 is 0 Å². The second-order valence-corrected chi connectivity index (χ2v) is 7.49. The van der Waals surface area contributed by atoms with Crippen LogP contribution in [0.2, 0.25) is 0 Å². The molecular formula is C21H25N5. The van der Waals surface area contributed by atoms with Gasteiger partial charge in [0.25, 0.3) is 0 Å². The third-order valence-corrected chi connectivity index (χ3v) is 5.54. The molecule has 0 bridgehead atoms. The molecule has 5 nitrogen and oxygen atoms in total. The van der Waals surface area contributed by atoms with Gasteiger partial charge in [-0.05, 0) is 55.9 Å². The maximum Gasteiger partial charge on any atom is 0.130 e. The van der Waals surface area contributed by atoms with Gasteiger partial charge < -0.3 is 16.4 Å². The van der Waals surface area contributed by atoms with Crippen molar-refractivity contribution >= 4 is 11.5 Å². The number of nitrogens with two attached hydrogens (primary N) is 1. The standard InChI is InChI=1S/C21H25N5/c22-12-14-3-1-2-4-19(14)26-21-10-5-15(13-24-21)18-11-20(18)25-17-8-6-16(23)7-9-17/h1-5,10,13,16-18,20,25H,6-9,11,23H2,(H,24,26)/t16?,17?,18-,20+/m0/s1. The van der Waals surface area contributed by atoms with Crippen LogP contribution in [0.4, 0.5) is 11.5 Å². The van der Waals surface area contributed by atoms with E-state index in [2.05, 4.69) is 27.8 Å². The lowest BCUT2D eigenvalue weighted by Crippen LogP contribution is -2.38. The summed E-state index contributed by atoms with van der Waals surface area (Å²) in [4.78, 5) is 4.54. The molecule has 0 amide bonds. The smallest absolute Gasteiger partial charge is 0.130 e. The summed E-state index contributed by atoms with van der Waals surface area (Å²) in [5.41, 5.74) is 8.69. The van der Waals surface area contributed by atoms with E-state index in [1.807, 2.05) is 30.5 Å². The van der Waals surface area contributed by atoms with Gasteiger partial charge in [0.05, 0.1) is 11.3 Å². The highest BCUT2D eigenvalue weighted by molar-refractivity contribution is 5.64. The molecule has 2 fully saturated rings. The minimum Gasteiger partial charge on any atom is -0.339 e. The first-order valence-electron chi connectivity index (χ1n) is 9.46. The number of pyridine rings is 1. The lowest BCUT2D eigenvalue weighted by atomic mass is 9.92. The molecule has 2 atom stereocenters. The number of para-hydroxylation sites is 1. The summed E-state index contributed by atoms with van der Waals surface area (Å²) in [6, 6.07) is 15.4. The molecule has 1 heterocycles. The number of benzene rings is 1. The zero-order chi connectivity index (χ0) is 17.9. The molecular weight excluding hydrogens is 322 g/mol. The summed E-state index contributed by atoms with van der Waals surface area (Å²) < 4.78 is 0. The van der Waals surface area contributed by atoms with Crippen molar-refractivity contribution in [1.29, 1.82) is 5.26 Å². The molecule has 134 valence electrons. The molecule has 0 aliphatic heterocycles. The Kier molecular flexibility index (Phi) is 4.87. The van der Waals surface area contributed by atoms with Crippen LogP contribution in [0, 0.1) is 11.3 Å². The van der Waals surface area contributed by atoms with Gasteiger partial charge in [-0.3, -0.25) is 0 Å². The van der Waals surface area contributed by atoms with Crippen LogP contribution in [0.3, 0.4) is 0 Å². The summed E-state index contributed by atoms with van der Waals surface area (Å²) in [5, 5.41) is 16.2. The molecule has 26 heavy (non-hydrogen) atoms. The second-order valence-electron chi connectivity index (χ2n) is 7.49. The van der Waals surface area contributed by atoms with E-state index >= 15 is 0 Å². The van der Waals surface area contributed by atoms with Crippen LogP contribution >= 0.6 is 0 Å². The Morgan fingerprint density at radius 1 is 1.08 bits per heavy atom. The highest BCUT2D eigenvalue weighted by Gasteiger charge is 2.40. The lowest BCUT2D eigenvalue weighted by molar-refractivity contribution is 0.339. The molecule has 2 aliphatic carbocycles. The minimum atomic E-state index is 0.401. The summed E-state index contributed by atoms with van der Waals surface area (Å²) in [6.45, 7) is 0. The fraction of sp³-hybridized carbons (Fsp3) is 0.429. The van der Waals surface area contributed by atoms with Gasteiger partial charge in [0, 0.05) is 30.2 Å². The highest BCUT2D eigenvalue weighted by Crippen LogP contribution is 2.41. The Labute approximate surface area is 154 Å². The van der Waals surface area contributed by atoms with E-state index in [1.54, 1.807) is 6.07 Å². The van der Waals surface area contributed by atoms with Crippen molar-refractivity contribution < 1.29 is 0 Å². The van der Waals surface area contributed by atoms with Gasteiger partial charge in [0.15, 0.2) is 0 Å². The molecule has 0 spiro atoms. The van der Waals surface area contributed by atoms with Gasteiger partial charge in [-0.2, -0.15) is 5.26 Å². The van der Waals surface area contributed by atoms with E-state index in [9.17, 15) is 5.26 Å². The van der Waals surface area contributed by atoms with Gasteiger partial charge in [-0.1, -0.05) is 18.2 Å². The number of nitrogens with zero attached hydrogens (tertiary/aromatic N) is 2. The molecule has 5 heteroatoms. The van der Waals surface area contributed by atoms with E-state index in [-0.39, 0.29) is 0 Å². The molecule has 2 aliphatic rings. The number of rotatable bonds is 5. The zero-order valence-electron chi connectivity index (χ0n) is 14.9. The Morgan fingerprint density at radius 3 is 2.62 bits per heavy atom. The van der Waals surface area contributed by atoms with Crippen molar-refractivity contribution in [1.82, 2.24) is 10.3 Å². The van der Waals surface area contributed by atoms with Gasteiger partial charge in [-0.25, -0.2) is 4.98 Å². The van der Waals surface area contributed by atoms with Gasteiger partial charge >= 0.3 is 0 Å². The first kappa shape index (κ1) is 17.0. The van der Waals surface area contributed by atoms with Crippen molar-refractivity contribution in [3.63, 3.8) is 0 Å². The number of nitriles is 1. The SMILES string of the molecule is N#Cc1ccccc1Nc1ccc([C@@H]2C[C@H]2NC2CCC(N)CC2)cn1. The number of anilines is 2. The predicted molar refractivity (Wildman–Crippen MR) is 103 cm³/mol. The van der Waals surface area contributed by atoms with Crippen LogP contribution < -0.4 is 16.4 Å². The van der Waals surface area contributed by atoms with Gasteiger partial charge in [0.1, 0.15) is 11.9 Å². The summed E-state index contributed by atoms with van der Waals surface area (Å²) >= 11 is 0. The summed E-state index contributed by atoms with van der Waals surface area (Å²) in [6.07, 6.45) is 7.82. The second kappa shape index (κ2) is 7.45. The van der Waals surface area contributed by atoms with Crippen LogP contribution in [0.1, 0.15) is 49.1 Å². The third-order valence-electron chi connectivity index (χ3n) is 5.54. The molecule has 1 aromatic carbocycles. The maximum atomic E-state index is 9.18. The van der Waals surface area contributed by atoms with E-state index in [1.165, 1.54) is 24.8 Å².